The van der Waals surface area contributed by atoms with Gasteiger partial charge in [-0.05, 0) is 25.0 Å². The maximum Gasteiger partial charge on any atom is 0.305 e. The Bertz CT molecular complexity index is 560. The molecule has 0 unspecified atom stereocenters. The van der Waals surface area contributed by atoms with Gasteiger partial charge in [-0.2, -0.15) is 0 Å². The number of halogens is 1. The van der Waals surface area contributed by atoms with Crippen LogP contribution in [0.25, 0.3) is 0 Å². The molecule has 0 bridgehead atoms. The van der Waals surface area contributed by atoms with Crippen molar-refractivity contribution in [1.29, 1.82) is 0 Å². The standard InChI is InChI=1S/C11H15ClN2O4S/c1-8-6-9(11(12)13-7-8)14-19(16,17)5-3-4-10(15)18-2/h6-7,14H,3-5H2,1-2H3. The van der Waals surface area contributed by atoms with Crippen molar-refractivity contribution in [3.63, 3.8) is 0 Å². The van der Waals surface area contributed by atoms with Crippen LogP contribution in [0.2, 0.25) is 5.15 Å². The maximum atomic E-state index is 11.8. The van der Waals surface area contributed by atoms with Gasteiger partial charge in [0.25, 0.3) is 0 Å². The summed E-state index contributed by atoms with van der Waals surface area (Å²) in [5.74, 6) is -0.628. The number of hydrogen-bond acceptors (Lipinski definition) is 5. The number of anilines is 1. The molecule has 106 valence electrons. The number of ether oxygens (including phenoxy) is 1. The van der Waals surface area contributed by atoms with Gasteiger partial charge < -0.3 is 4.74 Å². The van der Waals surface area contributed by atoms with Gasteiger partial charge in [-0.25, -0.2) is 13.4 Å². The van der Waals surface area contributed by atoms with Gasteiger partial charge in [-0.15, -0.1) is 0 Å². The van der Waals surface area contributed by atoms with Gasteiger partial charge in [0.05, 0.1) is 18.6 Å². The van der Waals surface area contributed by atoms with Crippen molar-refractivity contribution in [2.24, 2.45) is 0 Å². The topological polar surface area (TPSA) is 85.4 Å². The molecular formula is C11H15ClN2O4S. The van der Waals surface area contributed by atoms with E-state index in [1.807, 2.05) is 0 Å². The minimum atomic E-state index is -3.56. The van der Waals surface area contributed by atoms with Crippen LogP contribution in [0.5, 0.6) is 0 Å². The summed E-state index contributed by atoms with van der Waals surface area (Å²) in [5.41, 5.74) is 1.02. The summed E-state index contributed by atoms with van der Waals surface area (Å²) in [7, 11) is -2.30. The summed E-state index contributed by atoms with van der Waals surface area (Å²) in [6, 6.07) is 1.59. The van der Waals surface area contributed by atoms with Crippen LogP contribution in [0, 0.1) is 6.92 Å². The van der Waals surface area contributed by atoms with E-state index >= 15 is 0 Å². The van der Waals surface area contributed by atoms with Crippen LogP contribution in [0.4, 0.5) is 5.69 Å². The molecule has 0 aliphatic heterocycles. The third kappa shape index (κ3) is 5.44. The average molecular weight is 307 g/mol. The highest BCUT2D eigenvalue weighted by Crippen LogP contribution is 2.21. The molecule has 0 atom stereocenters. The van der Waals surface area contributed by atoms with E-state index in [1.54, 1.807) is 13.0 Å². The SMILES string of the molecule is COC(=O)CCCS(=O)(=O)Nc1cc(C)cnc1Cl. The van der Waals surface area contributed by atoms with Crippen molar-refractivity contribution in [3.8, 4) is 0 Å². The third-order valence-corrected chi connectivity index (χ3v) is 3.92. The highest BCUT2D eigenvalue weighted by Gasteiger charge is 2.14. The third-order valence-electron chi connectivity index (χ3n) is 2.26. The van der Waals surface area contributed by atoms with Crippen molar-refractivity contribution < 1.29 is 17.9 Å². The van der Waals surface area contributed by atoms with E-state index in [9.17, 15) is 13.2 Å². The Kier molecular flexibility index (Phi) is 5.56. The van der Waals surface area contributed by atoms with E-state index in [0.29, 0.717) is 0 Å². The Balaban J connectivity index is 2.64. The van der Waals surface area contributed by atoms with Gasteiger partial charge in [-0.1, -0.05) is 11.6 Å². The molecular weight excluding hydrogens is 292 g/mol. The Morgan fingerprint density at radius 3 is 2.84 bits per heavy atom. The quantitative estimate of drug-likeness (QED) is 0.639. The first kappa shape index (κ1) is 15.7. The molecule has 6 nitrogen and oxygen atoms in total. The fraction of sp³-hybridized carbons (Fsp3) is 0.455. The van der Waals surface area contributed by atoms with Crippen molar-refractivity contribution in [2.75, 3.05) is 17.6 Å². The van der Waals surface area contributed by atoms with E-state index in [4.69, 9.17) is 11.6 Å². The monoisotopic (exact) mass is 306 g/mol. The average Bonchev–Trinajstić information content (AvgIpc) is 2.33. The van der Waals surface area contributed by atoms with Crippen molar-refractivity contribution >= 4 is 33.3 Å². The molecule has 0 spiro atoms. The summed E-state index contributed by atoms with van der Waals surface area (Å²) in [4.78, 5) is 14.7. The van der Waals surface area contributed by atoms with Crippen LogP contribution in [-0.4, -0.2) is 32.2 Å². The number of nitrogens with zero attached hydrogens (tertiary/aromatic N) is 1. The van der Waals surface area contributed by atoms with Crippen molar-refractivity contribution in [2.45, 2.75) is 19.8 Å². The maximum absolute atomic E-state index is 11.8. The van der Waals surface area contributed by atoms with Crippen LogP contribution in [0.3, 0.4) is 0 Å². The Labute approximate surface area is 117 Å². The highest BCUT2D eigenvalue weighted by atomic mass is 35.5. The molecule has 0 saturated heterocycles. The predicted molar refractivity (Wildman–Crippen MR) is 72.6 cm³/mol. The van der Waals surface area contributed by atoms with Crippen molar-refractivity contribution in [3.05, 3.63) is 23.0 Å². The van der Waals surface area contributed by atoms with Crippen LogP contribution < -0.4 is 4.72 Å². The molecule has 0 radical (unpaired) electrons. The van der Waals surface area contributed by atoms with Gasteiger partial charge in [0.15, 0.2) is 5.15 Å². The van der Waals surface area contributed by atoms with Gasteiger partial charge in [0, 0.05) is 12.6 Å². The summed E-state index contributed by atoms with van der Waals surface area (Å²) < 4.78 is 30.3. The Morgan fingerprint density at radius 2 is 2.21 bits per heavy atom. The normalized spacial score (nSPS) is 11.1. The minimum Gasteiger partial charge on any atom is -0.469 e. The fourth-order valence-electron chi connectivity index (χ4n) is 1.35. The molecule has 8 heteroatoms. The number of methoxy groups -OCH3 is 1. The molecule has 1 aromatic heterocycles. The molecule has 0 aliphatic rings. The summed E-state index contributed by atoms with van der Waals surface area (Å²) in [6.45, 7) is 1.78. The second-order valence-corrected chi connectivity index (χ2v) is 6.15. The number of pyridine rings is 1. The number of nitrogens with one attached hydrogen (secondary N) is 1. The number of aryl methyl sites for hydroxylation is 1. The zero-order valence-corrected chi connectivity index (χ0v) is 12.2. The molecule has 0 amide bonds. The van der Waals surface area contributed by atoms with Gasteiger partial charge >= 0.3 is 5.97 Å². The first-order valence-corrected chi connectivity index (χ1v) is 7.56. The second-order valence-electron chi connectivity index (χ2n) is 3.95. The molecule has 0 saturated carbocycles. The molecule has 0 fully saturated rings. The highest BCUT2D eigenvalue weighted by molar-refractivity contribution is 7.92. The Morgan fingerprint density at radius 1 is 1.53 bits per heavy atom. The van der Waals surface area contributed by atoms with Crippen LogP contribution in [0.15, 0.2) is 12.3 Å². The van der Waals surface area contributed by atoms with Crippen molar-refractivity contribution in [1.82, 2.24) is 4.98 Å². The molecule has 1 heterocycles. The second kappa shape index (κ2) is 6.72. The molecule has 19 heavy (non-hydrogen) atoms. The van der Waals surface area contributed by atoms with Gasteiger partial charge in [0.2, 0.25) is 10.0 Å². The van der Waals surface area contributed by atoms with Crippen LogP contribution >= 0.6 is 11.6 Å². The first-order chi connectivity index (χ1) is 8.84. The lowest BCUT2D eigenvalue weighted by molar-refractivity contribution is -0.140. The van der Waals surface area contributed by atoms with E-state index in [1.165, 1.54) is 13.3 Å². The number of hydrogen-bond donors (Lipinski definition) is 1. The molecule has 0 aromatic carbocycles. The number of aromatic nitrogens is 1. The molecule has 1 rings (SSSR count). The lowest BCUT2D eigenvalue weighted by atomic mass is 10.3. The molecule has 0 aliphatic carbocycles. The molecule has 1 aromatic rings. The number of esters is 1. The number of sulfonamides is 1. The zero-order valence-electron chi connectivity index (χ0n) is 10.6. The van der Waals surface area contributed by atoms with Gasteiger partial charge in [0.1, 0.15) is 0 Å². The number of rotatable bonds is 6. The largest absolute Gasteiger partial charge is 0.469 e. The van der Waals surface area contributed by atoms with E-state index in [-0.39, 0.29) is 29.4 Å². The minimum absolute atomic E-state index is 0.0528. The molecule has 1 N–H and O–H groups in total. The summed E-state index contributed by atoms with van der Waals surface area (Å²) >= 11 is 5.80. The Hall–Kier alpha value is -1.34. The fourth-order valence-corrected chi connectivity index (χ4v) is 2.67. The zero-order chi connectivity index (χ0) is 14.5. The summed E-state index contributed by atoms with van der Waals surface area (Å²) in [6.07, 6.45) is 1.77. The van der Waals surface area contributed by atoms with E-state index in [0.717, 1.165) is 5.56 Å². The number of carbonyl (C=O) groups is 1. The van der Waals surface area contributed by atoms with E-state index < -0.39 is 16.0 Å². The van der Waals surface area contributed by atoms with E-state index in [2.05, 4.69) is 14.4 Å². The van der Waals surface area contributed by atoms with Crippen LogP contribution in [0.1, 0.15) is 18.4 Å². The first-order valence-electron chi connectivity index (χ1n) is 5.53. The van der Waals surface area contributed by atoms with Crippen LogP contribution in [-0.2, 0) is 19.6 Å². The van der Waals surface area contributed by atoms with Gasteiger partial charge in [-0.3, -0.25) is 9.52 Å². The lowest BCUT2D eigenvalue weighted by Crippen LogP contribution is -2.18. The summed E-state index contributed by atoms with van der Waals surface area (Å²) in [5, 5.41) is 0.0853. The lowest BCUT2D eigenvalue weighted by Gasteiger charge is -2.09. The predicted octanol–water partition coefficient (Wildman–Crippen LogP) is 1.74. The number of carbonyl (C=O) groups excluding carboxylic acids is 1. The smallest absolute Gasteiger partial charge is 0.305 e.